The Morgan fingerprint density at radius 3 is 1.38 bits per heavy atom. The maximum Gasteiger partial charge on any atom is 0.490 e. The van der Waals surface area contributed by atoms with Crippen LogP contribution in [0.2, 0.25) is 0 Å². The van der Waals surface area contributed by atoms with Gasteiger partial charge in [-0.2, -0.15) is 13.2 Å². The molecular weight excluding hydrogens is 817 g/mol. The number of halogens is 4. The molecule has 0 radical (unpaired) electrons. The lowest BCUT2D eigenvalue weighted by molar-refractivity contribution is -0.849. The van der Waals surface area contributed by atoms with Crippen molar-refractivity contribution in [1.29, 1.82) is 0 Å². The van der Waals surface area contributed by atoms with Gasteiger partial charge in [-0.1, -0.05) is 80.8 Å². The van der Waals surface area contributed by atoms with Crippen LogP contribution >= 0.6 is 0 Å². The summed E-state index contributed by atoms with van der Waals surface area (Å²) in [6.07, 6.45) is 10.8. The SMILES string of the molecule is CC(CCC(=O)[O-])C1CCC2C1CCC1C3CCCCC3CCC12.C[N+](C)(C)C.C[N+](C)(C)C.O=C(O)C(F)(F)F.[Cl-].c1ccc([S+](c2ccccc2)c2ccccc2)cc1. The van der Waals surface area contributed by atoms with E-state index in [0.717, 1.165) is 56.8 Å². The van der Waals surface area contributed by atoms with Gasteiger partial charge >= 0.3 is 12.1 Å². The zero-order valence-corrected chi connectivity index (χ0v) is 39.8. The quantitative estimate of drug-likeness (QED) is 0.197. The molecule has 0 amide bonds. The van der Waals surface area contributed by atoms with Crippen LogP contribution in [0.3, 0.4) is 0 Å². The number of carboxylic acid groups (broad SMARTS) is 2. The smallest absolute Gasteiger partial charge is 0.490 e. The van der Waals surface area contributed by atoms with Gasteiger partial charge in [0.05, 0.1) is 67.3 Å². The van der Waals surface area contributed by atoms with Crippen LogP contribution in [0.25, 0.3) is 0 Å². The van der Waals surface area contributed by atoms with Crippen LogP contribution in [0.15, 0.2) is 106 Å². The number of aliphatic carboxylic acids is 2. The van der Waals surface area contributed by atoms with Crippen LogP contribution in [0.4, 0.5) is 13.2 Å². The number of hydrogen-bond acceptors (Lipinski definition) is 3. The number of alkyl halides is 3. The topological polar surface area (TPSA) is 77.4 Å². The van der Waals surface area contributed by atoms with Gasteiger partial charge in [0.25, 0.3) is 0 Å². The molecule has 0 aromatic heterocycles. The molecule has 0 heterocycles. The monoisotopic (exact) mass is 892 g/mol. The summed E-state index contributed by atoms with van der Waals surface area (Å²) in [6, 6.07) is 32.2. The third kappa shape index (κ3) is 19.5. The fourth-order valence-electron chi connectivity index (χ4n) is 9.88. The maximum absolute atomic E-state index is 10.8. The molecule has 61 heavy (non-hydrogen) atoms. The summed E-state index contributed by atoms with van der Waals surface area (Å²) in [5.41, 5.74) is 0. The molecule has 1 N–H and O–H groups in total. The van der Waals surface area contributed by atoms with E-state index >= 15 is 0 Å². The number of carbonyl (C=O) groups is 2. The largest absolute Gasteiger partial charge is 1.00 e. The van der Waals surface area contributed by atoms with E-state index in [9.17, 15) is 23.1 Å². The maximum atomic E-state index is 10.8. The van der Waals surface area contributed by atoms with E-state index in [1.807, 2.05) is 0 Å². The molecule has 3 aromatic carbocycles. The van der Waals surface area contributed by atoms with E-state index < -0.39 is 18.1 Å². The summed E-state index contributed by atoms with van der Waals surface area (Å²) in [4.78, 5) is 23.8. The summed E-state index contributed by atoms with van der Waals surface area (Å²) in [7, 11) is 17.0. The van der Waals surface area contributed by atoms with Gasteiger partial charge in [0.1, 0.15) is 0 Å². The van der Waals surface area contributed by atoms with E-state index in [2.05, 4.69) is 154 Å². The van der Waals surface area contributed by atoms with E-state index in [4.69, 9.17) is 9.90 Å². The van der Waals surface area contributed by atoms with Crippen LogP contribution in [-0.4, -0.2) is 88.6 Å². The molecule has 4 fully saturated rings. The number of hydrogen-bond donors (Lipinski definition) is 1. The van der Waals surface area contributed by atoms with Gasteiger partial charge in [-0.05, 0) is 142 Å². The molecular formula is C50H75ClF3N2O4S+. The molecule has 0 bridgehead atoms. The summed E-state index contributed by atoms with van der Waals surface area (Å²) < 4.78 is 33.7. The number of benzene rings is 3. The number of carboxylic acids is 2. The van der Waals surface area contributed by atoms with Gasteiger partial charge in [0.2, 0.25) is 0 Å². The Labute approximate surface area is 375 Å². The third-order valence-electron chi connectivity index (χ3n) is 12.0. The molecule has 0 saturated heterocycles. The van der Waals surface area contributed by atoms with Crippen molar-refractivity contribution in [3.63, 3.8) is 0 Å². The van der Waals surface area contributed by atoms with E-state index in [1.54, 1.807) is 0 Å². The highest BCUT2D eigenvalue weighted by molar-refractivity contribution is 7.97. The first-order valence-corrected chi connectivity index (χ1v) is 23.2. The van der Waals surface area contributed by atoms with Gasteiger partial charge < -0.3 is 36.4 Å². The van der Waals surface area contributed by atoms with Crippen LogP contribution < -0.4 is 17.5 Å². The summed E-state index contributed by atoms with van der Waals surface area (Å²) >= 11 is 0. The van der Waals surface area contributed by atoms with Crippen LogP contribution in [0, 0.1) is 47.3 Å². The Bertz CT molecular complexity index is 1570. The molecule has 6 nitrogen and oxygen atoms in total. The van der Waals surface area contributed by atoms with Crippen molar-refractivity contribution in [3.8, 4) is 0 Å². The molecule has 7 rings (SSSR count). The zero-order chi connectivity index (χ0) is 44.7. The lowest BCUT2D eigenvalue weighted by Crippen LogP contribution is -3.00. The van der Waals surface area contributed by atoms with Crippen LogP contribution in [0.1, 0.15) is 84.0 Å². The summed E-state index contributed by atoms with van der Waals surface area (Å²) in [6.45, 7) is 2.31. The predicted molar refractivity (Wildman–Crippen MR) is 237 cm³/mol. The Kier molecular flexibility index (Phi) is 22.4. The fourth-order valence-corrected chi connectivity index (χ4v) is 12.0. The number of nitrogens with zero attached hydrogens (tertiary/aromatic N) is 2. The summed E-state index contributed by atoms with van der Waals surface area (Å²) in [5.74, 6) is 3.81. The number of quaternary nitrogens is 2. The van der Waals surface area contributed by atoms with Crippen molar-refractivity contribution < 1.29 is 54.3 Å². The second-order valence-corrected chi connectivity index (χ2v) is 22.1. The van der Waals surface area contributed by atoms with Crippen molar-refractivity contribution >= 4 is 22.8 Å². The average molecular weight is 893 g/mol. The van der Waals surface area contributed by atoms with Crippen molar-refractivity contribution in [1.82, 2.24) is 0 Å². The summed E-state index contributed by atoms with van der Waals surface area (Å²) in [5, 5.41) is 17.9. The molecule has 8 unspecified atom stereocenters. The first-order chi connectivity index (χ1) is 28.0. The first-order valence-electron chi connectivity index (χ1n) is 22.0. The van der Waals surface area contributed by atoms with Crippen LogP contribution in [-0.2, 0) is 20.5 Å². The number of rotatable bonds is 7. The molecule has 4 aliphatic carbocycles. The Hall–Kier alpha value is -3.05. The first kappa shape index (κ1) is 54.1. The highest BCUT2D eigenvalue weighted by atomic mass is 35.5. The third-order valence-corrected chi connectivity index (χ3v) is 14.2. The van der Waals surface area contributed by atoms with Gasteiger partial charge in [0.15, 0.2) is 14.7 Å². The second-order valence-electron chi connectivity index (χ2n) is 20.1. The Morgan fingerprint density at radius 2 is 0.967 bits per heavy atom. The molecule has 8 atom stereocenters. The van der Waals surface area contributed by atoms with Gasteiger partial charge in [0, 0.05) is 5.97 Å². The van der Waals surface area contributed by atoms with Crippen molar-refractivity contribution in [2.24, 2.45) is 47.3 Å². The fraction of sp³-hybridized carbons (Fsp3) is 0.600. The lowest BCUT2D eigenvalue weighted by Gasteiger charge is -2.52. The molecule has 342 valence electrons. The van der Waals surface area contributed by atoms with Gasteiger partial charge in [-0.3, -0.25) is 0 Å². The van der Waals surface area contributed by atoms with Crippen molar-refractivity contribution in [3.05, 3.63) is 91.0 Å². The highest BCUT2D eigenvalue weighted by Gasteiger charge is 2.51. The minimum absolute atomic E-state index is 0. The normalized spacial score (nSPS) is 24.6. The predicted octanol–water partition coefficient (Wildman–Crippen LogP) is 7.49. The average Bonchev–Trinajstić information content (AvgIpc) is 3.62. The van der Waals surface area contributed by atoms with E-state index in [0.29, 0.717) is 5.92 Å². The highest BCUT2D eigenvalue weighted by Crippen LogP contribution is 2.60. The molecule has 11 heteroatoms. The molecule has 0 spiro atoms. The van der Waals surface area contributed by atoms with Gasteiger partial charge in [-0.15, -0.1) is 0 Å². The van der Waals surface area contributed by atoms with Gasteiger partial charge in [-0.25, -0.2) is 4.79 Å². The van der Waals surface area contributed by atoms with E-state index in [1.165, 1.54) is 78.9 Å². The zero-order valence-electron chi connectivity index (χ0n) is 38.3. The van der Waals surface area contributed by atoms with Crippen molar-refractivity contribution in [2.45, 2.75) is 105 Å². The molecule has 4 aliphatic rings. The minimum atomic E-state index is -5.08. The number of fused-ring (bicyclic) bond motifs is 5. The minimum Gasteiger partial charge on any atom is -1.00 e. The second kappa shape index (κ2) is 25.3. The van der Waals surface area contributed by atoms with E-state index in [-0.39, 0.29) is 29.7 Å². The number of carbonyl (C=O) groups excluding carboxylic acids is 1. The molecule has 3 aromatic rings. The Morgan fingerprint density at radius 1 is 0.623 bits per heavy atom. The molecule has 0 aliphatic heterocycles. The molecule has 4 saturated carbocycles. The van der Waals surface area contributed by atoms with Crippen LogP contribution in [0.5, 0.6) is 0 Å². The van der Waals surface area contributed by atoms with Crippen molar-refractivity contribution in [2.75, 3.05) is 56.4 Å². The standard InChI is InChI=1S/C22H36O2.C18H15S.2C4H12N.C2HF3O2.ClH/c1-14(6-13-22(23)24)16-9-10-21-18(16)11-12-19-17-5-3-2-4-15(17)7-8-20(19)21;1-4-10-16(11-5-1)19(17-12-6-2-7-13-17)18-14-8-3-9-15-18;2*1-5(2,3)4;3-2(4,5)1(6)7;/h14-21H,2-13H2,1H3,(H,23,24);1-15H;2*1-4H3;(H,6,7);1H/q;3*+1;;/p-2. The Balaban J connectivity index is 0.000000307. The lowest BCUT2D eigenvalue weighted by atomic mass is 9.53.